The fourth-order valence-electron chi connectivity index (χ4n) is 2.08. The van der Waals surface area contributed by atoms with Crippen LogP contribution in [-0.2, 0) is 4.74 Å². The highest BCUT2D eigenvalue weighted by Crippen LogP contribution is 2.40. The van der Waals surface area contributed by atoms with Gasteiger partial charge in [0.15, 0.2) is 0 Å². The monoisotopic (exact) mass is 312 g/mol. The maximum atomic E-state index is 12.3. The van der Waals surface area contributed by atoms with Gasteiger partial charge in [-0.15, -0.1) is 0 Å². The normalized spacial score (nSPS) is 14.3. The van der Waals surface area contributed by atoms with E-state index in [0.29, 0.717) is 29.6 Å². The number of halogens is 1. The highest BCUT2D eigenvalue weighted by Gasteiger charge is 2.29. The zero-order chi connectivity index (χ0) is 15.8. The van der Waals surface area contributed by atoms with Gasteiger partial charge >= 0.3 is 6.09 Å². The summed E-state index contributed by atoms with van der Waals surface area (Å²) in [5.74, 6) is 0.639. The zero-order valence-electron chi connectivity index (χ0n) is 13.1. The molecule has 0 atom stereocenters. The third-order valence-corrected chi connectivity index (χ3v) is 3.29. The van der Waals surface area contributed by atoms with E-state index in [0.717, 1.165) is 5.69 Å². The predicted molar refractivity (Wildman–Crippen MR) is 84.9 cm³/mol. The Morgan fingerprint density at radius 2 is 2.05 bits per heavy atom. The molecule has 0 N–H and O–H groups in total. The number of nitrogens with zero attached hydrogens (tertiary/aromatic N) is 2. The van der Waals surface area contributed by atoms with Crippen molar-refractivity contribution in [2.75, 3.05) is 37.0 Å². The molecule has 0 bridgehead atoms. The molecule has 6 heteroatoms. The molecule has 0 aromatic heterocycles. The van der Waals surface area contributed by atoms with Crippen LogP contribution in [0.25, 0.3) is 0 Å². The van der Waals surface area contributed by atoms with E-state index < -0.39 is 5.60 Å². The number of hydrogen-bond donors (Lipinski definition) is 0. The predicted octanol–water partition coefficient (Wildman–Crippen LogP) is 3.54. The second kappa shape index (κ2) is 5.64. The first-order valence-corrected chi connectivity index (χ1v) is 7.21. The number of benzene rings is 1. The number of carbonyl (C=O) groups is 1. The number of fused-ring (bicyclic) bond motifs is 1. The van der Waals surface area contributed by atoms with E-state index in [2.05, 4.69) is 0 Å². The minimum Gasteiger partial charge on any atom is -0.489 e. The molecule has 0 fully saturated rings. The fourth-order valence-corrected chi connectivity index (χ4v) is 2.40. The first-order valence-electron chi connectivity index (χ1n) is 6.83. The first kappa shape index (κ1) is 15.8. The Bertz CT molecular complexity index is 553. The summed E-state index contributed by atoms with van der Waals surface area (Å²) < 4.78 is 11.1. The Morgan fingerprint density at radius 1 is 1.38 bits per heavy atom. The van der Waals surface area contributed by atoms with Crippen molar-refractivity contribution in [3.8, 4) is 5.75 Å². The second-order valence-corrected chi connectivity index (χ2v) is 6.55. The van der Waals surface area contributed by atoms with Gasteiger partial charge in [-0.1, -0.05) is 11.6 Å². The van der Waals surface area contributed by atoms with Crippen molar-refractivity contribution in [3.05, 3.63) is 17.2 Å². The average molecular weight is 313 g/mol. The van der Waals surface area contributed by atoms with Gasteiger partial charge in [-0.25, -0.2) is 4.79 Å². The van der Waals surface area contributed by atoms with E-state index in [1.54, 1.807) is 11.0 Å². The smallest absolute Gasteiger partial charge is 0.415 e. The number of rotatable bonds is 1. The topological polar surface area (TPSA) is 42.0 Å². The van der Waals surface area contributed by atoms with Crippen LogP contribution in [0, 0.1) is 0 Å². The molecule has 0 aliphatic carbocycles. The lowest BCUT2D eigenvalue weighted by Gasteiger charge is -2.32. The van der Waals surface area contributed by atoms with E-state index in [9.17, 15) is 4.79 Å². The SMILES string of the molecule is CN(C)c1cc2c(cc1Cl)N(C(=O)OC(C)(C)C)CCO2. The van der Waals surface area contributed by atoms with Crippen molar-refractivity contribution in [3.63, 3.8) is 0 Å². The molecule has 1 aromatic rings. The molecule has 0 radical (unpaired) electrons. The third-order valence-electron chi connectivity index (χ3n) is 2.99. The number of hydrogen-bond acceptors (Lipinski definition) is 4. The van der Waals surface area contributed by atoms with Gasteiger partial charge in [0.25, 0.3) is 0 Å². The van der Waals surface area contributed by atoms with Gasteiger partial charge in [0, 0.05) is 20.2 Å². The number of amides is 1. The number of carbonyl (C=O) groups excluding carboxylic acids is 1. The van der Waals surface area contributed by atoms with E-state index in [-0.39, 0.29) is 6.09 Å². The van der Waals surface area contributed by atoms with Crippen molar-refractivity contribution < 1.29 is 14.3 Å². The van der Waals surface area contributed by atoms with Crippen LogP contribution < -0.4 is 14.5 Å². The fraction of sp³-hybridized carbons (Fsp3) is 0.533. The van der Waals surface area contributed by atoms with Gasteiger partial charge in [-0.3, -0.25) is 4.90 Å². The van der Waals surface area contributed by atoms with E-state index in [1.807, 2.05) is 45.8 Å². The van der Waals surface area contributed by atoms with Crippen molar-refractivity contribution in [1.82, 2.24) is 0 Å². The summed E-state index contributed by atoms with van der Waals surface area (Å²) in [6, 6.07) is 3.59. The Morgan fingerprint density at radius 3 is 2.62 bits per heavy atom. The van der Waals surface area contributed by atoms with Crippen LogP contribution in [0.5, 0.6) is 5.75 Å². The minimum atomic E-state index is -0.539. The quantitative estimate of drug-likeness (QED) is 0.795. The van der Waals surface area contributed by atoms with E-state index in [1.165, 1.54) is 0 Å². The van der Waals surface area contributed by atoms with Crippen LogP contribution in [0.2, 0.25) is 5.02 Å². The first-order chi connectivity index (χ1) is 9.69. The molecule has 0 saturated heterocycles. The Kier molecular flexibility index (Phi) is 4.23. The summed E-state index contributed by atoms with van der Waals surface area (Å²) in [5.41, 5.74) is 0.954. The summed E-state index contributed by atoms with van der Waals surface area (Å²) >= 11 is 6.28. The molecule has 2 rings (SSSR count). The average Bonchev–Trinajstić information content (AvgIpc) is 2.34. The molecule has 116 valence electrons. The maximum absolute atomic E-state index is 12.3. The van der Waals surface area contributed by atoms with Crippen molar-refractivity contribution in [1.29, 1.82) is 0 Å². The van der Waals surface area contributed by atoms with E-state index in [4.69, 9.17) is 21.1 Å². The summed E-state index contributed by atoms with van der Waals surface area (Å²) in [6.45, 7) is 6.40. The summed E-state index contributed by atoms with van der Waals surface area (Å²) in [4.78, 5) is 15.8. The molecular weight excluding hydrogens is 292 g/mol. The van der Waals surface area contributed by atoms with Gasteiger partial charge in [0.05, 0.1) is 22.9 Å². The lowest BCUT2D eigenvalue weighted by atomic mass is 10.2. The molecule has 1 heterocycles. The minimum absolute atomic E-state index is 0.388. The molecule has 0 unspecified atom stereocenters. The van der Waals surface area contributed by atoms with Crippen molar-refractivity contribution in [2.24, 2.45) is 0 Å². The molecule has 1 aliphatic heterocycles. The molecule has 0 spiro atoms. The zero-order valence-corrected chi connectivity index (χ0v) is 13.8. The van der Waals surface area contributed by atoms with Crippen LogP contribution in [0.3, 0.4) is 0 Å². The molecule has 21 heavy (non-hydrogen) atoms. The lowest BCUT2D eigenvalue weighted by molar-refractivity contribution is 0.0568. The molecular formula is C15H21ClN2O3. The Balaban J connectivity index is 2.35. The summed E-state index contributed by atoms with van der Waals surface area (Å²) in [7, 11) is 3.81. The standard InChI is InChI=1S/C15H21ClN2O3/c1-15(2,3)21-14(19)18-6-7-20-13-9-11(17(4)5)10(16)8-12(13)18/h8-9H,6-7H2,1-5H3. The molecule has 1 amide bonds. The molecule has 1 aliphatic rings. The number of anilines is 2. The Hall–Kier alpha value is -1.62. The van der Waals surface area contributed by atoms with Crippen LogP contribution in [0.1, 0.15) is 20.8 Å². The van der Waals surface area contributed by atoms with E-state index >= 15 is 0 Å². The van der Waals surface area contributed by atoms with Crippen LogP contribution in [0.4, 0.5) is 16.2 Å². The molecule has 5 nitrogen and oxygen atoms in total. The van der Waals surface area contributed by atoms with Crippen molar-refractivity contribution >= 4 is 29.1 Å². The van der Waals surface area contributed by atoms with Gasteiger partial charge in [0.2, 0.25) is 0 Å². The van der Waals surface area contributed by atoms with Gasteiger partial charge in [-0.05, 0) is 26.8 Å². The van der Waals surface area contributed by atoms with Crippen LogP contribution in [-0.4, -0.2) is 38.9 Å². The van der Waals surface area contributed by atoms with Crippen LogP contribution >= 0.6 is 11.6 Å². The largest absolute Gasteiger partial charge is 0.489 e. The van der Waals surface area contributed by atoms with Gasteiger partial charge < -0.3 is 14.4 Å². The second-order valence-electron chi connectivity index (χ2n) is 6.15. The van der Waals surface area contributed by atoms with Crippen LogP contribution in [0.15, 0.2) is 12.1 Å². The highest BCUT2D eigenvalue weighted by molar-refractivity contribution is 6.33. The molecule has 0 saturated carbocycles. The Labute approximate surface area is 130 Å². The van der Waals surface area contributed by atoms with Crippen molar-refractivity contribution in [2.45, 2.75) is 26.4 Å². The van der Waals surface area contributed by atoms with Gasteiger partial charge in [0.1, 0.15) is 18.0 Å². The molecule has 1 aromatic carbocycles. The highest BCUT2D eigenvalue weighted by atomic mass is 35.5. The van der Waals surface area contributed by atoms with Gasteiger partial charge in [-0.2, -0.15) is 0 Å². The lowest BCUT2D eigenvalue weighted by Crippen LogP contribution is -2.41. The third kappa shape index (κ3) is 3.53. The maximum Gasteiger partial charge on any atom is 0.415 e. The summed E-state index contributed by atoms with van der Waals surface area (Å²) in [5, 5.41) is 0.567. The number of ether oxygens (including phenoxy) is 2. The summed E-state index contributed by atoms with van der Waals surface area (Å²) in [6.07, 6.45) is -0.388.